The van der Waals surface area contributed by atoms with Crippen molar-refractivity contribution in [3.05, 3.63) is 80.6 Å². The van der Waals surface area contributed by atoms with Gasteiger partial charge in [0.25, 0.3) is 0 Å². The van der Waals surface area contributed by atoms with Gasteiger partial charge in [-0.25, -0.2) is 22.7 Å². The fraction of sp³-hybridized carbons (Fsp3) is 0.292. The summed E-state index contributed by atoms with van der Waals surface area (Å²) < 4.78 is 56.8. The number of sulfonamides is 1. The van der Waals surface area contributed by atoms with Crippen LogP contribution in [0, 0.1) is 19.7 Å². The topological polar surface area (TPSA) is 132 Å². The number of aromatic nitrogens is 4. The van der Waals surface area contributed by atoms with Gasteiger partial charge in [0, 0.05) is 35.8 Å². The maximum absolute atomic E-state index is 15.3. The molecule has 13 heteroatoms. The van der Waals surface area contributed by atoms with E-state index in [4.69, 9.17) is 20.8 Å². The number of aromatic amines is 1. The molecule has 37 heavy (non-hydrogen) atoms. The van der Waals surface area contributed by atoms with Crippen molar-refractivity contribution in [1.82, 2.24) is 24.7 Å². The summed E-state index contributed by atoms with van der Waals surface area (Å²) in [4.78, 5) is 11.6. The van der Waals surface area contributed by atoms with Crippen molar-refractivity contribution in [1.29, 1.82) is 0 Å². The normalized spacial score (nSPS) is 13.5. The Morgan fingerprint density at radius 3 is 2.54 bits per heavy atom. The third kappa shape index (κ3) is 5.17. The molecule has 0 spiro atoms. The summed E-state index contributed by atoms with van der Waals surface area (Å²) in [6, 6.07) is 5.74. The van der Waals surface area contributed by atoms with Crippen LogP contribution in [0.3, 0.4) is 0 Å². The molecule has 0 unspecified atom stereocenters. The van der Waals surface area contributed by atoms with Crippen molar-refractivity contribution < 1.29 is 22.0 Å². The van der Waals surface area contributed by atoms with E-state index in [1.54, 1.807) is 31.6 Å². The molecule has 0 bridgehead atoms. The van der Waals surface area contributed by atoms with Crippen LogP contribution in [0.5, 0.6) is 5.75 Å². The fourth-order valence-electron chi connectivity index (χ4n) is 4.41. The van der Waals surface area contributed by atoms with Crippen molar-refractivity contribution >= 4 is 21.6 Å². The third-order valence-electron chi connectivity index (χ3n) is 6.14. The first-order valence-corrected chi connectivity index (χ1v) is 13.0. The maximum Gasteiger partial charge on any atom is 0.434 e. The van der Waals surface area contributed by atoms with Gasteiger partial charge in [-0.05, 0) is 48.7 Å². The Labute approximate surface area is 217 Å². The van der Waals surface area contributed by atoms with Gasteiger partial charge in [0.05, 0.1) is 12.8 Å². The van der Waals surface area contributed by atoms with Gasteiger partial charge in [0.2, 0.25) is 15.9 Å². The Hall–Kier alpha value is -3.48. The van der Waals surface area contributed by atoms with Crippen LogP contribution < -0.4 is 15.2 Å². The highest BCUT2D eigenvalue weighted by Gasteiger charge is 2.35. The van der Waals surface area contributed by atoms with Gasteiger partial charge in [0.15, 0.2) is 0 Å². The lowest BCUT2D eigenvalue weighted by molar-refractivity contribution is 0.374. The number of nitrogens with zero attached hydrogens (tertiary/aromatic N) is 3. The van der Waals surface area contributed by atoms with Crippen LogP contribution in [-0.4, -0.2) is 35.5 Å². The lowest BCUT2D eigenvalue weighted by Gasteiger charge is -2.25. The van der Waals surface area contributed by atoms with Gasteiger partial charge in [0.1, 0.15) is 22.5 Å². The largest absolute Gasteiger partial charge is 0.495 e. The Bertz CT molecular complexity index is 1630. The zero-order valence-corrected chi connectivity index (χ0v) is 22.2. The molecule has 0 saturated carbocycles. The van der Waals surface area contributed by atoms with Crippen LogP contribution in [0.1, 0.15) is 41.6 Å². The molecule has 0 aliphatic carbocycles. The number of methoxy groups -OCH3 is 1. The van der Waals surface area contributed by atoms with Crippen molar-refractivity contribution in [2.75, 3.05) is 7.11 Å². The van der Waals surface area contributed by atoms with Crippen LogP contribution in [-0.2, 0) is 17.1 Å². The van der Waals surface area contributed by atoms with E-state index in [0.29, 0.717) is 5.56 Å². The van der Waals surface area contributed by atoms with Crippen molar-refractivity contribution in [2.45, 2.75) is 37.6 Å². The summed E-state index contributed by atoms with van der Waals surface area (Å²) in [5.74, 6) is -2.55. The molecule has 0 radical (unpaired) electrons. The third-order valence-corrected chi connectivity index (χ3v) is 7.85. The van der Waals surface area contributed by atoms with E-state index in [2.05, 4.69) is 20.0 Å². The number of hydrogen-bond donors (Lipinski definition) is 2. The average Bonchev–Trinajstić information content (AvgIpc) is 3.41. The van der Waals surface area contributed by atoms with Gasteiger partial charge in [-0.3, -0.25) is 4.68 Å². The summed E-state index contributed by atoms with van der Waals surface area (Å²) in [5.41, 5.74) is 3.10. The van der Waals surface area contributed by atoms with Crippen LogP contribution in [0.15, 0.2) is 50.6 Å². The minimum Gasteiger partial charge on any atom is -0.495 e. The molecule has 196 valence electrons. The van der Waals surface area contributed by atoms with E-state index in [1.807, 2.05) is 13.1 Å². The molecule has 2 atom stereocenters. The Kier molecular flexibility index (Phi) is 7.27. The van der Waals surface area contributed by atoms with Gasteiger partial charge in [-0.15, -0.1) is 5.10 Å². The smallest absolute Gasteiger partial charge is 0.434 e. The fourth-order valence-corrected chi connectivity index (χ4v) is 5.99. The molecule has 0 amide bonds. The highest BCUT2D eigenvalue weighted by molar-refractivity contribution is 7.89. The second-order valence-electron chi connectivity index (χ2n) is 8.57. The van der Waals surface area contributed by atoms with Crippen molar-refractivity contribution in [3.63, 3.8) is 0 Å². The number of aryl methyl sites for hydroxylation is 2. The summed E-state index contributed by atoms with van der Waals surface area (Å²) in [6.45, 7) is 5.20. The second kappa shape index (κ2) is 10.1. The highest BCUT2D eigenvalue weighted by Crippen LogP contribution is 2.39. The highest BCUT2D eigenvalue weighted by atomic mass is 35.5. The van der Waals surface area contributed by atoms with Crippen LogP contribution in [0.2, 0.25) is 5.02 Å². The number of rotatable bonds is 8. The molecule has 2 aromatic heterocycles. The first-order chi connectivity index (χ1) is 17.4. The number of hydrogen-bond acceptors (Lipinski definition) is 7. The monoisotopic (exact) mass is 549 g/mol. The molecule has 0 fully saturated rings. The summed E-state index contributed by atoms with van der Waals surface area (Å²) in [5, 5.41) is 10.6. The standard InChI is InChI=1S/C24H25ClFN5O5S/c1-12-16(17-11-31(4)29-14(17)3)7-8-18(26)21(12)13(2)22(23-27-28-24(32)36-23)30-37(33,34)20-9-6-15(25)10-19(20)35-5/h6-11,13,22,30H,1-5H3,(H,28,32)/t13-,22+/m1/s1. The second-order valence-corrected chi connectivity index (χ2v) is 10.7. The van der Waals surface area contributed by atoms with Crippen LogP contribution in [0.25, 0.3) is 11.1 Å². The molecule has 2 N–H and O–H groups in total. The Morgan fingerprint density at radius 2 is 1.95 bits per heavy atom. The van der Waals surface area contributed by atoms with E-state index < -0.39 is 33.6 Å². The van der Waals surface area contributed by atoms with E-state index in [9.17, 15) is 13.2 Å². The predicted molar refractivity (Wildman–Crippen MR) is 135 cm³/mol. The molecular weight excluding hydrogens is 525 g/mol. The number of nitrogens with one attached hydrogen (secondary N) is 2. The van der Waals surface area contributed by atoms with E-state index in [0.717, 1.165) is 16.8 Å². The predicted octanol–water partition coefficient (Wildman–Crippen LogP) is 4.00. The van der Waals surface area contributed by atoms with E-state index >= 15 is 4.39 Å². The maximum atomic E-state index is 15.3. The minimum atomic E-state index is -4.29. The summed E-state index contributed by atoms with van der Waals surface area (Å²) in [7, 11) is -1.19. The molecule has 10 nitrogen and oxygen atoms in total. The minimum absolute atomic E-state index is 0.00583. The molecule has 4 aromatic rings. The lowest BCUT2D eigenvalue weighted by atomic mass is 9.86. The van der Waals surface area contributed by atoms with Crippen LogP contribution in [0.4, 0.5) is 4.39 Å². The molecule has 0 saturated heterocycles. The first-order valence-electron chi connectivity index (χ1n) is 11.1. The first kappa shape index (κ1) is 26.6. The average molecular weight is 550 g/mol. The molecule has 0 aliphatic rings. The zero-order valence-electron chi connectivity index (χ0n) is 20.7. The van der Waals surface area contributed by atoms with Crippen LogP contribution >= 0.6 is 11.6 Å². The van der Waals surface area contributed by atoms with Crippen molar-refractivity contribution in [2.24, 2.45) is 7.05 Å². The van der Waals surface area contributed by atoms with Gasteiger partial charge < -0.3 is 9.15 Å². The number of benzene rings is 2. The summed E-state index contributed by atoms with van der Waals surface area (Å²) >= 11 is 5.99. The quantitative estimate of drug-likeness (QED) is 0.339. The molecule has 2 aromatic carbocycles. The molecular formula is C24H25ClFN5O5S. The number of halogens is 2. The molecule has 4 rings (SSSR count). The van der Waals surface area contributed by atoms with E-state index in [-0.39, 0.29) is 27.1 Å². The lowest BCUT2D eigenvalue weighted by Crippen LogP contribution is -2.33. The van der Waals surface area contributed by atoms with Crippen molar-refractivity contribution in [3.8, 4) is 16.9 Å². The Balaban J connectivity index is 1.84. The zero-order chi connectivity index (χ0) is 27.1. The summed E-state index contributed by atoms with van der Waals surface area (Å²) in [6.07, 6.45) is 1.82. The number of H-pyrrole nitrogens is 1. The van der Waals surface area contributed by atoms with Gasteiger partial charge in [-0.2, -0.15) is 9.82 Å². The SMILES string of the molecule is COc1cc(Cl)ccc1S(=O)(=O)N[C@H](c1n[nH]c(=O)o1)[C@H](C)c1c(F)ccc(-c2cn(C)nc2C)c1C. The Morgan fingerprint density at radius 1 is 1.22 bits per heavy atom. The number of ether oxygens (including phenoxy) is 1. The van der Waals surface area contributed by atoms with Gasteiger partial charge in [-0.1, -0.05) is 24.6 Å². The van der Waals surface area contributed by atoms with Gasteiger partial charge >= 0.3 is 5.76 Å². The van der Waals surface area contributed by atoms with E-state index in [1.165, 1.54) is 31.4 Å². The molecule has 0 aliphatic heterocycles. The molecule has 2 heterocycles.